The smallest absolute Gasteiger partial charge is 0.0612 e. The maximum atomic E-state index is 11.1. The van der Waals surface area contributed by atoms with Gasteiger partial charge in [0.15, 0.2) is 0 Å². The molecule has 2 N–H and O–H groups in total. The second kappa shape index (κ2) is 7.97. The van der Waals surface area contributed by atoms with E-state index in [0.717, 1.165) is 43.4 Å². The van der Waals surface area contributed by atoms with E-state index in [1.165, 1.54) is 44.9 Å². The van der Waals surface area contributed by atoms with Crippen LogP contribution in [0.15, 0.2) is 11.1 Å². The van der Waals surface area contributed by atoms with Gasteiger partial charge < -0.3 is 10.2 Å². The molecule has 0 heterocycles. The van der Waals surface area contributed by atoms with E-state index in [4.69, 9.17) is 0 Å². The van der Waals surface area contributed by atoms with Crippen molar-refractivity contribution in [1.82, 2.24) is 0 Å². The van der Waals surface area contributed by atoms with Gasteiger partial charge in [0.25, 0.3) is 0 Å². The fraction of sp³-hybridized carbons (Fsp3) is 0.926. The maximum Gasteiger partial charge on any atom is 0.0612 e. The Morgan fingerprint density at radius 1 is 1.00 bits per heavy atom. The molecule has 0 bridgehead atoms. The summed E-state index contributed by atoms with van der Waals surface area (Å²) in [6.07, 6.45) is 12.7. The maximum absolute atomic E-state index is 11.1. The first-order valence-electron chi connectivity index (χ1n) is 12.8. The second-order valence-electron chi connectivity index (χ2n) is 12.3. The summed E-state index contributed by atoms with van der Waals surface area (Å²) in [7, 11) is 0. The SMILES string of the molecule is CC(C)CCC[C@@H](C)[C@H]1CCC2=C3CC(O)C4CC(O)CC[C@]4(C)[C@H]3CC[C@@]21C. The molecule has 0 amide bonds. The van der Waals surface area contributed by atoms with Crippen molar-refractivity contribution < 1.29 is 10.2 Å². The summed E-state index contributed by atoms with van der Waals surface area (Å²) < 4.78 is 0. The minimum absolute atomic E-state index is 0.196. The predicted octanol–water partition coefficient (Wildman–Crippen LogP) is 6.50. The quantitative estimate of drug-likeness (QED) is 0.515. The molecule has 166 valence electrons. The summed E-state index contributed by atoms with van der Waals surface area (Å²) in [6, 6.07) is 0. The second-order valence-corrected chi connectivity index (χ2v) is 12.3. The first-order chi connectivity index (χ1) is 13.7. The number of aliphatic hydroxyl groups is 2. The van der Waals surface area contributed by atoms with Gasteiger partial charge >= 0.3 is 0 Å². The Kier molecular flexibility index (Phi) is 6.01. The van der Waals surface area contributed by atoms with Gasteiger partial charge in [-0.25, -0.2) is 0 Å². The van der Waals surface area contributed by atoms with Crippen LogP contribution >= 0.6 is 0 Å². The molecule has 2 nitrogen and oxygen atoms in total. The van der Waals surface area contributed by atoms with Crippen molar-refractivity contribution >= 4 is 0 Å². The van der Waals surface area contributed by atoms with Crippen LogP contribution in [0.3, 0.4) is 0 Å². The number of rotatable bonds is 5. The fourth-order valence-corrected chi connectivity index (χ4v) is 8.52. The van der Waals surface area contributed by atoms with E-state index in [1.807, 2.05) is 0 Å². The molecule has 4 rings (SSSR count). The largest absolute Gasteiger partial charge is 0.393 e. The average molecular weight is 403 g/mol. The number of fused-ring (bicyclic) bond motifs is 4. The molecule has 3 fully saturated rings. The molecule has 4 aliphatic carbocycles. The molecule has 0 spiro atoms. The van der Waals surface area contributed by atoms with Gasteiger partial charge in [-0.3, -0.25) is 0 Å². The van der Waals surface area contributed by atoms with E-state index < -0.39 is 0 Å². The summed E-state index contributed by atoms with van der Waals surface area (Å²) in [5, 5.41) is 21.4. The zero-order valence-electron chi connectivity index (χ0n) is 19.7. The number of hydrogen-bond donors (Lipinski definition) is 2. The molecule has 0 aliphatic heterocycles. The Bertz CT molecular complexity index is 636. The van der Waals surface area contributed by atoms with Crippen LogP contribution in [0.2, 0.25) is 0 Å². The van der Waals surface area contributed by atoms with Crippen LogP contribution in [0.4, 0.5) is 0 Å². The topological polar surface area (TPSA) is 40.5 Å². The molecule has 8 atom stereocenters. The lowest BCUT2D eigenvalue weighted by molar-refractivity contribution is -0.0962. The minimum Gasteiger partial charge on any atom is -0.393 e. The zero-order chi connectivity index (χ0) is 21.0. The van der Waals surface area contributed by atoms with Gasteiger partial charge in [0.2, 0.25) is 0 Å². The lowest BCUT2D eigenvalue weighted by atomic mass is 9.48. The van der Waals surface area contributed by atoms with Gasteiger partial charge in [0, 0.05) is 0 Å². The highest BCUT2D eigenvalue weighted by Crippen LogP contribution is 2.65. The molecule has 3 unspecified atom stereocenters. The Hall–Kier alpha value is -0.340. The monoisotopic (exact) mass is 402 g/mol. The molecule has 29 heavy (non-hydrogen) atoms. The van der Waals surface area contributed by atoms with Crippen LogP contribution in [0, 0.1) is 40.4 Å². The van der Waals surface area contributed by atoms with Crippen LogP contribution < -0.4 is 0 Å². The molecule has 0 saturated heterocycles. The van der Waals surface area contributed by atoms with Gasteiger partial charge in [-0.05, 0) is 91.8 Å². The van der Waals surface area contributed by atoms with E-state index in [1.54, 1.807) is 11.1 Å². The molecule has 3 saturated carbocycles. The number of aliphatic hydroxyl groups excluding tert-OH is 2. The molecule has 0 aromatic rings. The first kappa shape index (κ1) is 21.9. The first-order valence-corrected chi connectivity index (χ1v) is 12.8. The Morgan fingerprint density at radius 2 is 1.76 bits per heavy atom. The lowest BCUT2D eigenvalue weighted by Gasteiger charge is -2.58. The van der Waals surface area contributed by atoms with Crippen molar-refractivity contribution in [2.24, 2.45) is 40.4 Å². The van der Waals surface area contributed by atoms with E-state index in [9.17, 15) is 10.2 Å². The molecular formula is C27H46O2. The van der Waals surface area contributed by atoms with Crippen LogP contribution in [0.5, 0.6) is 0 Å². The van der Waals surface area contributed by atoms with Crippen molar-refractivity contribution in [2.75, 3.05) is 0 Å². The van der Waals surface area contributed by atoms with Crippen molar-refractivity contribution in [3.63, 3.8) is 0 Å². The lowest BCUT2D eigenvalue weighted by Crippen LogP contribution is -2.53. The highest BCUT2D eigenvalue weighted by molar-refractivity contribution is 5.35. The van der Waals surface area contributed by atoms with E-state index >= 15 is 0 Å². The molecule has 0 aromatic heterocycles. The summed E-state index contributed by atoms with van der Waals surface area (Å²) in [5.74, 6) is 3.41. The van der Waals surface area contributed by atoms with Crippen molar-refractivity contribution in [3.8, 4) is 0 Å². The molecular weight excluding hydrogens is 356 g/mol. The van der Waals surface area contributed by atoms with Gasteiger partial charge in [0.1, 0.15) is 0 Å². The number of allylic oxidation sites excluding steroid dienone is 1. The Labute approximate surface area is 179 Å². The van der Waals surface area contributed by atoms with Crippen molar-refractivity contribution in [1.29, 1.82) is 0 Å². The standard InChI is InChI=1S/C27H46O2/c1-17(2)7-6-8-18(3)21-9-10-22-20-16-25(29)24-15-19(28)11-13-27(24,5)23(20)12-14-26(21,22)4/h17-19,21,23-25,28-29H,6-16H2,1-5H3/t18-,19?,21-,23+,24?,25?,26-,27-/m1/s1. The minimum atomic E-state index is -0.251. The third-order valence-corrected chi connectivity index (χ3v) is 10.2. The molecule has 4 aliphatic rings. The van der Waals surface area contributed by atoms with Crippen LogP contribution in [0.1, 0.15) is 105 Å². The zero-order valence-corrected chi connectivity index (χ0v) is 19.7. The van der Waals surface area contributed by atoms with Crippen LogP contribution in [-0.2, 0) is 0 Å². The third-order valence-electron chi connectivity index (χ3n) is 10.2. The van der Waals surface area contributed by atoms with E-state index in [2.05, 4.69) is 34.6 Å². The predicted molar refractivity (Wildman–Crippen MR) is 121 cm³/mol. The van der Waals surface area contributed by atoms with E-state index in [0.29, 0.717) is 11.3 Å². The average Bonchev–Trinajstić information content (AvgIpc) is 3.00. The summed E-state index contributed by atoms with van der Waals surface area (Å²) >= 11 is 0. The molecule has 0 aromatic carbocycles. The van der Waals surface area contributed by atoms with Gasteiger partial charge in [-0.2, -0.15) is 0 Å². The summed E-state index contributed by atoms with van der Waals surface area (Å²) in [6.45, 7) is 12.2. The van der Waals surface area contributed by atoms with Crippen LogP contribution in [-0.4, -0.2) is 22.4 Å². The van der Waals surface area contributed by atoms with Gasteiger partial charge in [-0.1, -0.05) is 65.0 Å². The fourth-order valence-electron chi connectivity index (χ4n) is 8.52. The Morgan fingerprint density at radius 3 is 2.48 bits per heavy atom. The van der Waals surface area contributed by atoms with Gasteiger partial charge in [-0.15, -0.1) is 0 Å². The van der Waals surface area contributed by atoms with Crippen molar-refractivity contribution in [3.05, 3.63) is 11.1 Å². The Balaban J connectivity index is 1.57. The molecule has 2 heteroatoms. The summed E-state index contributed by atoms with van der Waals surface area (Å²) in [4.78, 5) is 0. The van der Waals surface area contributed by atoms with E-state index in [-0.39, 0.29) is 23.5 Å². The highest BCUT2D eigenvalue weighted by atomic mass is 16.3. The van der Waals surface area contributed by atoms with Crippen LogP contribution in [0.25, 0.3) is 0 Å². The molecule has 0 radical (unpaired) electrons. The highest BCUT2D eigenvalue weighted by Gasteiger charge is 2.57. The normalized spacial score (nSPS) is 45.7. The number of hydrogen-bond acceptors (Lipinski definition) is 2. The van der Waals surface area contributed by atoms with Gasteiger partial charge in [0.05, 0.1) is 12.2 Å². The van der Waals surface area contributed by atoms with Crippen molar-refractivity contribution in [2.45, 2.75) is 117 Å². The third kappa shape index (κ3) is 3.65. The summed E-state index contributed by atoms with van der Waals surface area (Å²) in [5.41, 5.74) is 4.00.